The van der Waals surface area contributed by atoms with Crippen LogP contribution in [0.3, 0.4) is 0 Å². The number of nitrogen functional groups attached to an aromatic ring is 1. The maximum absolute atomic E-state index is 12.3. The molecule has 1 aromatic rings. The molecule has 0 aliphatic carbocycles. The molecule has 0 amide bonds. The van der Waals surface area contributed by atoms with E-state index in [1.165, 1.54) is 0 Å². The number of nitrogens with two attached hydrogens (primary N) is 1. The summed E-state index contributed by atoms with van der Waals surface area (Å²) in [4.78, 5) is 0.351. The summed E-state index contributed by atoms with van der Waals surface area (Å²) in [5.41, 5.74) is 6.90. The monoisotopic (exact) mass is 255 g/mol. The minimum Gasteiger partial charge on any atom is -0.398 e. The molecule has 0 spiro atoms. The summed E-state index contributed by atoms with van der Waals surface area (Å²) >= 11 is 0. The van der Waals surface area contributed by atoms with Gasteiger partial charge < -0.3 is 10.5 Å². The average Bonchev–Trinajstić information content (AvgIpc) is 2.73. The standard InChI is InChI=1S/C12H17NO3S/c1-9-11(13)3-2-4-12(9)17(14,15)8-10-5-6-16-7-10/h2-4,10H,5-8,13H2,1H3. The molecular formula is C12H17NO3S. The first-order valence-electron chi connectivity index (χ1n) is 5.66. The van der Waals surface area contributed by atoms with Crippen LogP contribution in [0.15, 0.2) is 23.1 Å². The average molecular weight is 255 g/mol. The lowest BCUT2D eigenvalue weighted by Crippen LogP contribution is -2.17. The Bertz CT molecular complexity index is 504. The third-order valence-electron chi connectivity index (χ3n) is 3.14. The Hall–Kier alpha value is -1.07. The van der Waals surface area contributed by atoms with Crippen molar-refractivity contribution in [1.82, 2.24) is 0 Å². The lowest BCUT2D eigenvalue weighted by Gasteiger charge is -2.12. The summed E-state index contributed by atoms with van der Waals surface area (Å²) in [6.07, 6.45) is 0.820. The number of ether oxygens (including phenoxy) is 1. The number of anilines is 1. The van der Waals surface area contributed by atoms with Crippen LogP contribution in [0.5, 0.6) is 0 Å². The molecule has 1 aromatic carbocycles. The molecule has 1 aliphatic heterocycles. The third-order valence-corrected chi connectivity index (χ3v) is 5.16. The minimum atomic E-state index is -3.26. The molecule has 1 fully saturated rings. The Balaban J connectivity index is 2.28. The Labute approximate surface area is 102 Å². The summed E-state index contributed by atoms with van der Waals surface area (Å²) in [6, 6.07) is 5.02. The predicted octanol–water partition coefficient (Wildman–Crippen LogP) is 1.39. The van der Waals surface area contributed by atoms with Gasteiger partial charge in [0.25, 0.3) is 0 Å². The maximum Gasteiger partial charge on any atom is 0.179 e. The van der Waals surface area contributed by atoms with E-state index in [9.17, 15) is 8.42 Å². The van der Waals surface area contributed by atoms with E-state index in [1.807, 2.05) is 0 Å². The van der Waals surface area contributed by atoms with Gasteiger partial charge in [-0.2, -0.15) is 0 Å². The molecular weight excluding hydrogens is 238 g/mol. The molecule has 4 nitrogen and oxygen atoms in total. The highest BCUT2D eigenvalue weighted by molar-refractivity contribution is 7.91. The molecule has 1 unspecified atom stereocenters. The van der Waals surface area contributed by atoms with Gasteiger partial charge >= 0.3 is 0 Å². The highest BCUT2D eigenvalue weighted by atomic mass is 32.2. The zero-order chi connectivity index (χ0) is 12.5. The van der Waals surface area contributed by atoms with Crippen molar-refractivity contribution in [3.05, 3.63) is 23.8 Å². The van der Waals surface area contributed by atoms with E-state index in [0.717, 1.165) is 6.42 Å². The summed E-state index contributed by atoms with van der Waals surface area (Å²) in [6.45, 7) is 2.95. The van der Waals surface area contributed by atoms with Gasteiger partial charge in [0.15, 0.2) is 9.84 Å². The fourth-order valence-corrected chi connectivity index (χ4v) is 4.02. The largest absolute Gasteiger partial charge is 0.398 e. The summed E-state index contributed by atoms with van der Waals surface area (Å²) in [7, 11) is -3.26. The quantitative estimate of drug-likeness (QED) is 0.829. The number of benzene rings is 1. The molecule has 0 saturated carbocycles. The van der Waals surface area contributed by atoms with Crippen LogP contribution in [-0.4, -0.2) is 27.4 Å². The number of hydrogen-bond acceptors (Lipinski definition) is 4. The van der Waals surface area contributed by atoms with Crippen molar-refractivity contribution in [2.45, 2.75) is 18.2 Å². The van der Waals surface area contributed by atoms with Gasteiger partial charge in [0.05, 0.1) is 17.3 Å². The highest BCUT2D eigenvalue weighted by Gasteiger charge is 2.26. The lowest BCUT2D eigenvalue weighted by molar-refractivity contribution is 0.188. The van der Waals surface area contributed by atoms with Crippen LogP contribution >= 0.6 is 0 Å². The molecule has 17 heavy (non-hydrogen) atoms. The van der Waals surface area contributed by atoms with Gasteiger partial charge in [-0.3, -0.25) is 0 Å². The van der Waals surface area contributed by atoms with Crippen molar-refractivity contribution in [3.8, 4) is 0 Å². The second-order valence-electron chi connectivity index (χ2n) is 4.48. The molecule has 0 radical (unpaired) electrons. The Morgan fingerprint density at radius 3 is 2.88 bits per heavy atom. The van der Waals surface area contributed by atoms with Gasteiger partial charge in [0, 0.05) is 12.3 Å². The second kappa shape index (κ2) is 4.66. The normalized spacial score (nSPS) is 20.6. The van der Waals surface area contributed by atoms with Gasteiger partial charge in [-0.05, 0) is 37.0 Å². The van der Waals surface area contributed by atoms with E-state index >= 15 is 0 Å². The molecule has 94 valence electrons. The van der Waals surface area contributed by atoms with Crippen molar-refractivity contribution in [1.29, 1.82) is 0 Å². The number of rotatable bonds is 3. The first-order chi connectivity index (χ1) is 8.00. The molecule has 2 rings (SSSR count). The molecule has 1 aliphatic rings. The third kappa shape index (κ3) is 2.61. The minimum absolute atomic E-state index is 0.112. The molecule has 0 bridgehead atoms. The van der Waals surface area contributed by atoms with E-state index < -0.39 is 9.84 Å². The Morgan fingerprint density at radius 1 is 1.47 bits per heavy atom. The van der Waals surface area contributed by atoms with Crippen LogP contribution in [0.25, 0.3) is 0 Å². The number of sulfone groups is 1. The summed E-state index contributed by atoms with van der Waals surface area (Å²) in [5, 5.41) is 0. The lowest BCUT2D eigenvalue weighted by atomic mass is 10.2. The fourth-order valence-electron chi connectivity index (χ4n) is 2.08. The maximum atomic E-state index is 12.3. The van der Waals surface area contributed by atoms with Crippen LogP contribution < -0.4 is 5.73 Å². The van der Waals surface area contributed by atoms with Crippen LogP contribution in [-0.2, 0) is 14.6 Å². The molecule has 5 heteroatoms. The molecule has 1 heterocycles. The van der Waals surface area contributed by atoms with Crippen molar-refractivity contribution in [2.75, 3.05) is 24.7 Å². The Morgan fingerprint density at radius 2 is 2.24 bits per heavy atom. The van der Waals surface area contributed by atoms with E-state index in [1.54, 1.807) is 25.1 Å². The van der Waals surface area contributed by atoms with Crippen LogP contribution in [0, 0.1) is 12.8 Å². The summed E-state index contributed by atoms with van der Waals surface area (Å²) in [5.74, 6) is 0.262. The van der Waals surface area contributed by atoms with Gasteiger partial charge in [-0.25, -0.2) is 8.42 Å². The van der Waals surface area contributed by atoms with E-state index in [4.69, 9.17) is 10.5 Å². The zero-order valence-electron chi connectivity index (χ0n) is 9.85. The van der Waals surface area contributed by atoms with Crippen LogP contribution in [0.1, 0.15) is 12.0 Å². The second-order valence-corrected chi connectivity index (χ2v) is 6.48. The SMILES string of the molecule is Cc1c(N)cccc1S(=O)(=O)CC1CCOC1. The predicted molar refractivity (Wildman–Crippen MR) is 66.6 cm³/mol. The number of hydrogen-bond donors (Lipinski definition) is 1. The molecule has 0 aromatic heterocycles. The van der Waals surface area contributed by atoms with Gasteiger partial charge in [0.2, 0.25) is 0 Å². The van der Waals surface area contributed by atoms with Crippen LogP contribution in [0.4, 0.5) is 5.69 Å². The fraction of sp³-hybridized carbons (Fsp3) is 0.500. The molecule has 1 saturated heterocycles. The van der Waals surface area contributed by atoms with E-state index in [-0.39, 0.29) is 11.7 Å². The molecule has 1 atom stereocenters. The Kier molecular flexibility index (Phi) is 3.40. The topological polar surface area (TPSA) is 69.4 Å². The van der Waals surface area contributed by atoms with Crippen molar-refractivity contribution < 1.29 is 13.2 Å². The van der Waals surface area contributed by atoms with Crippen molar-refractivity contribution >= 4 is 15.5 Å². The van der Waals surface area contributed by atoms with Crippen LogP contribution in [0.2, 0.25) is 0 Å². The first kappa shape index (κ1) is 12.4. The highest BCUT2D eigenvalue weighted by Crippen LogP contribution is 2.25. The molecule has 2 N–H and O–H groups in total. The van der Waals surface area contributed by atoms with Gasteiger partial charge in [0.1, 0.15) is 0 Å². The van der Waals surface area contributed by atoms with Gasteiger partial charge in [-0.15, -0.1) is 0 Å². The van der Waals surface area contributed by atoms with Crippen molar-refractivity contribution in [2.24, 2.45) is 5.92 Å². The van der Waals surface area contributed by atoms with E-state index in [0.29, 0.717) is 29.4 Å². The first-order valence-corrected chi connectivity index (χ1v) is 7.31. The van der Waals surface area contributed by atoms with Crippen molar-refractivity contribution in [3.63, 3.8) is 0 Å². The smallest absolute Gasteiger partial charge is 0.179 e. The van der Waals surface area contributed by atoms with E-state index in [2.05, 4.69) is 0 Å². The summed E-state index contributed by atoms with van der Waals surface area (Å²) < 4.78 is 29.7. The zero-order valence-corrected chi connectivity index (χ0v) is 10.7. The van der Waals surface area contributed by atoms with Gasteiger partial charge in [-0.1, -0.05) is 6.07 Å².